The predicted molar refractivity (Wildman–Crippen MR) is 121 cm³/mol. The minimum Gasteiger partial charge on any atom is -0.436 e. The Balaban J connectivity index is 2.14. The van der Waals surface area contributed by atoms with Crippen molar-refractivity contribution in [2.45, 2.75) is 60.1 Å². The van der Waals surface area contributed by atoms with E-state index in [9.17, 15) is 9.50 Å². The van der Waals surface area contributed by atoms with E-state index in [2.05, 4.69) is 50.2 Å². The number of anilines is 3. The molecule has 3 rings (SSSR count). The van der Waals surface area contributed by atoms with Crippen molar-refractivity contribution < 1.29 is 13.9 Å². The highest BCUT2D eigenvalue weighted by Gasteiger charge is 2.29. The summed E-state index contributed by atoms with van der Waals surface area (Å²) in [5, 5.41) is 17.5. The van der Waals surface area contributed by atoms with E-state index in [1.807, 2.05) is 6.92 Å². The second-order valence-electron chi connectivity index (χ2n) is 9.54. The van der Waals surface area contributed by atoms with Crippen molar-refractivity contribution in [1.82, 2.24) is 4.98 Å². The summed E-state index contributed by atoms with van der Waals surface area (Å²) in [5.41, 5.74) is 3.04. The first-order chi connectivity index (χ1) is 13.9. The van der Waals surface area contributed by atoms with E-state index in [1.165, 1.54) is 12.1 Å². The molecule has 0 saturated carbocycles. The molecule has 0 unspecified atom stereocenters. The van der Waals surface area contributed by atoms with Gasteiger partial charge in [0.15, 0.2) is 5.58 Å². The quantitative estimate of drug-likeness (QED) is 0.399. The number of hydrogen-bond donors (Lipinski definition) is 3. The summed E-state index contributed by atoms with van der Waals surface area (Å²) in [7, 11) is 0. The molecular weight excluding hydrogens is 405 g/mol. The van der Waals surface area contributed by atoms with E-state index < -0.39 is 5.82 Å². The Morgan fingerprint density at radius 2 is 1.90 bits per heavy atom. The summed E-state index contributed by atoms with van der Waals surface area (Å²) in [6.45, 7) is 12.5. The van der Waals surface area contributed by atoms with Crippen molar-refractivity contribution in [1.29, 1.82) is 0 Å². The number of nitrogens with one attached hydrogen (secondary N) is 2. The molecule has 1 aromatic carbocycles. The van der Waals surface area contributed by atoms with Crippen molar-refractivity contribution >= 4 is 39.8 Å². The lowest BCUT2D eigenvalue weighted by molar-refractivity contribution is 0.283. The number of aliphatic hydroxyl groups is 1. The summed E-state index contributed by atoms with van der Waals surface area (Å²) in [6.07, 6.45) is 2.53. The zero-order valence-corrected chi connectivity index (χ0v) is 19.0. The summed E-state index contributed by atoms with van der Waals surface area (Å²) >= 11 is 5.97. The predicted octanol–water partition coefficient (Wildman–Crippen LogP) is 6.79. The number of benzene rings is 1. The zero-order valence-electron chi connectivity index (χ0n) is 18.3. The third kappa shape index (κ3) is 4.87. The van der Waals surface area contributed by atoms with Gasteiger partial charge in [0.1, 0.15) is 11.5 Å². The molecule has 0 radical (unpaired) electrons. The maximum absolute atomic E-state index is 13.6. The van der Waals surface area contributed by atoms with Crippen molar-refractivity contribution in [2.75, 3.05) is 10.6 Å². The Hall–Kier alpha value is -2.31. The Morgan fingerprint density at radius 3 is 2.50 bits per heavy atom. The van der Waals surface area contributed by atoms with Crippen LogP contribution in [0, 0.1) is 18.2 Å². The van der Waals surface area contributed by atoms with Gasteiger partial charge in [-0.25, -0.2) is 4.39 Å². The largest absolute Gasteiger partial charge is 0.436 e. The maximum atomic E-state index is 13.6. The molecule has 3 aromatic rings. The fraction of sp³-hybridized carbons (Fsp3) is 0.435. The molecular formula is C23H29ClFN3O2. The molecule has 30 heavy (non-hydrogen) atoms. The molecule has 0 aliphatic heterocycles. The Morgan fingerprint density at radius 1 is 1.20 bits per heavy atom. The van der Waals surface area contributed by atoms with E-state index >= 15 is 0 Å². The Labute approximate surface area is 181 Å². The van der Waals surface area contributed by atoms with Gasteiger partial charge in [0.25, 0.3) is 0 Å². The summed E-state index contributed by atoms with van der Waals surface area (Å²) in [6, 6.07) is 4.44. The van der Waals surface area contributed by atoms with Crippen LogP contribution in [0.1, 0.15) is 52.3 Å². The average molecular weight is 434 g/mol. The molecule has 5 nitrogen and oxygen atoms in total. The SMILES string of the molecule is Cc1ncc(CO)c2c(Nc3ccc(F)c(Cl)c3)c(NC(C)(C)CC(C)(C)C)oc12. The first kappa shape index (κ1) is 22.4. The zero-order chi connectivity index (χ0) is 22.3. The van der Waals surface area contributed by atoms with Crippen LogP contribution >= 0.6 is 11.6 Å². The van der Waals surface area contributed by atoms with Crippen LogP contribution in [0.15, 0.2) is 28.8 Å². The molecule has 0 spiro atoms. The van der Waals surface area contributed by atoms with Crippen LogP contribution < -0.4 is 10.6 Å². The lowest BCUT2D eigenvalue weighted by Crippen LogP contribution is -2.35. The minimum atomic E-state index is -0.486. The molecule has 7 heteroatoms. The summed E-state index contributed by atoms with van der Waals surface area (Å²) in [4.78, 5) is 4.34. The van der Waals surface area contributed by atoms with E-state index in [0.717, 1.165) is 11.8 Å². The van der Waals surface area contributed by atoms with Crippen LogP contribution in [0.2, 0.25) is 5.02 Å². The van der Waals surface area contributed by atoms with Gasteiger partial charge in [0.05, 0.1) is 22.7 Å². The van der Waals surface area contributed by atoms with Gasteiger partial charge in [-0.3, -0.25) is 4.98 Å². The van der Waals surface area contributed by atoms with Gasteiger partial charge in [-0.1, -0.05) is 32.4 Å². The van der Waals surface area contributed by atoms with Crippen LogP contribution in [-0.4, -0.2) is 15.6 Å². The molecule has 2 aromatic heterocycles. The molecule has 0 aliphatic carbocycles. The van der Waals surface area contributed by atoms with Gasteiger partial charge in [0, 0.05) is 23.0 Å². The van der Waals surface area contributed by atoms with Crippen LogP contribution in [0.3, 0.4) is 0 Å². The number of fused-ring (bicyclic) bond motifs is 1. The van der Waals surface area contributed by atoms with E-state index in [0.29, 0.717) is 34.1 Å². The maximum Gasteiger partial charge on any atom is 0.218 e. The number of aliphatic hydroxyl groups excluding tert-OH is 1. The second-order valence-corrected chi connectivity index (χ2v) is 9.94. The molecule has 162 valence electrons. The Kier molecular flexibility index (Phi) is 6.03. The van der Waals surface area contributed by atoms with Crippen LogP contribution in [0.5, 0.6) is 0 Å². The van der Waals surface area contributed by atoms with E-state index in [-0.39, 0.29) is 22.6 Å². The second kappa shape index (κ2) is 8.08. The van der Waals surface area contributed by atoms with Gasteiger partial charge in [-0.2, -0.15) is 0 Å². The fourth-order valence-electron chi connectivity index (χ4n) is 4.01. The molecule has 0 atom stereocenters. The van der Waals surface area contributed by atoms with E-state index in [1.54, 1.807) is 12.3 Å². The number of furan rings is 1. The van der Waals surface area contributed by atoms with Gasteiger partial charge < -0.3 is 20.2 Å². The molecule has 0 bridgehead atoms. The summed E-state index contributed by atoms with van der Waals surface area (Å²) in [5.74, 6) is 0.0468. The van der Waals surface area contributed by atoms with Gasteiger partial charge >= 0.3 is 0 Å². The van der Waals surface area contributed by atoms with Crippen LogP contribution in [0.4, 0.5) is 21.6 Å². The number of aryl methyl sites for hydroxylation is 1. The number of halogens is 2. The van der Waals surface area contributed by atoms with E-state index in [4.69, 9.17) is 16.0 Å². The average Bonchev–Trinajstić information content (AvgIpc) is 2.95. The first-order valence-electron chi connectivity index (χ1n) is 9.92. The van der Waals surface area contributed by atoms with Gasteiger partial charge in [0.2, 0.25) is 5.88 Å². The van der Waals surface area contributed by atoms with Crippen LogP contribution in [-0.2, 0) is 6.61 Å². The van der Waals surface area contributed by atoms with Gasteiger partial charge in [-0.05, 0) is 50.8 Å². The molecule has 0 aliphatic rings. The third-order valence-electron chi connectivity index (χ3n) is 4.76. The minimum absolute atomic E-state index is 0.0237. The molecule has 3 N–H and O–H groups in total. The van der Waals surface area contributed by atoms with Crippen molar-refractivity contribution in [3.63, 3.8) is 0 Å². The topological polar surface area (TPSA) is 70.3 Å². The molecule has 2 heterocycles. The van der Waals surface area contributed by atoms with Crippen molar-refractivity contribution in [3.05, 3.63) is 46.5 Å². The highest BCUT2D eigenvalue weighted by Crippen LogP contribution is 2.42. The van der Waals surface area contributed by atoms with Crippen molar-refractivity contribution in [2.24, 2.45) is 5.41 Å². The highest BCUT2D eigenvalue weighted by molar-refractivity contribution is 6.31. The smallest absolute Gasteiger partial charge is 0.218 e. The van der Waals surface area contributed by atoms with Crippen LogP contribution in [0.25, 0.3) is 11.0 Å². The normalized spacial score (nSPS) is 12.4. The third-order valence-corrected chi connectivity index (χ3v) is 5.05. The fourth-order valence-corrected chi connectivity index (χ4v) is 4.19. The summed E-state index contributed by atoms with van der Waals surface area (Å²) < 4.78 is 19.8. The lowest BCUT2D eigenvalue weighted by Gasteiger charge is -2.33. The number of rotatable bonds is 6. The highest BCUT2D eigenvalue weighted by atomic mass is 35.5. The van der Waals surface area contributed by atoms with Gasteiger partial charge in [-0.15, -0.1) is 0 Å². The lowest BCUT2D eigenvalue weighted by atomic mass is 9.82. The molecule has 0 saturated heterocycles. The number of hydrogen-bond acceptors (Lipinski definition) is 5. The molecule has 0 amide bonds. The Bertz CT molecular complexity index is 1070. The van der Waals surface area contributed by atoms with Crippen molar-refractivity contribution in [3.8, 4) is 0 Å². The first-order valence-corrected chi connectivity index (χ1v) is 10.3. The number of pyridine rings is 1. The monoisotopic (exact) mass is 433 g/mol. The number of nitrogens with zero attached hydrogens (tertiary/aromatic N) is 1. The molecule has 0 fully saturated rings. The number of aromatic nitrogens is 1. The standard InChI is InChI=1S/C23H29ClFN3O2/c1-13-20-18(14(11-29)10-26-13)19(27-15-7-8-17(25)16(24)9-15)21(30-20)28-23(5,6)12-22(2,3)4/h7-10,27-29H,11-12H2,1-6H3.